The minimum absolute atomic E-state index is 0.247. The number of nitrogens with zero attached hydrogens (tertiary/aromatic N) is 3. The summed E-state index contributed by atoms with van der Waals surface area (Å²) in [6, 6.07) is 23.8. The van der Waals surface area contributed by atoms with E-state index in [2.05, 4.69) is 33.4 Å². The number of benzene rings is 3. The third-order valence-corrected chi connectivity index (χ3v) is 11.1. The molecule has 1 saturated heterocycles. The Hall–Kier alpha value is -3.71. The fraction of sp³-hybridized carbons (Fsp3) is 0.342. The van der Waals surface area contributed by atoms with Crippen molar-refractivity contribution in [2.24, 2.45) is 0 Å². The maximum Gasteiger partial charge on any atom is 0.278 e. The predicted octanol–water partition coefficient (Wildman–Crippen LogP) is 8.95. The molecule has 0 bridgehead atoms. The molecule has 6 rings (SSSR count). The molecule has 48 heavy (non-hydrogen) atoms. The minimum atomic E-state index is -1.38. The first-order valence-electron chi connectivity index (χ1n) is 16.2. The Balaban J connectivity index is 1.18. The normalized spacial score (nSPS) is 19.9. The van der Waals surface area contributed by atoms with Crippen LogP contribution in [0.25, 0.3) is 5.57 Å². The van der Waals surface area contributed by atoms with Crippen molar-refractivity contribution in [3.63, 3.8) is 0 Å². The summed E-state index contributed by atoms with van der Waals surface area (Å²) in [4.78, 5) is 20.5. The van der Waals surface area contributed by atoms with E-state index in [1.54, 1.807) is 38.6 Å². The van der Waals surface area contributed by atoms with E-state index in [0.717, 1.165) is 67.8 Å². The molecule has 1 N–H and O–H groups in total. The van der Waals surface area contributed by atoms with E-state index in [1.807, 2.05) is 41.8 Å². The Labute approximate surface area is 296 Å². The zero-order valence-corrected chi connectivity index (χ0v) is 29.4. The molecule has 2 heterocycles. The van der Waals surface area contributed by atoms with Gasteiger partial charge in [0.15, 0.2) is 0 Å². The number of carbonyl (C=O) groups excluding carboxylic acids is 1. The molecular formula is C38H38Cl2N4O3S. The second kappa shape index (κ2) is 15.2. The molecule has 1 aliphatic heterocycles. The molecule has 2 atom stereocenters. The lowest BCUT2D eigenvalue weighted by molar-refractivity contribution is -0.129. The topological polar surface area (TPSA) is 87.5 Å². The van der Waals surface area contributed by atoms with Crippen molar-refractivity contribution < 1.29 is 14.3 Å². The van der Waals surface area contributed by atoms with Gasteiger partial charge >= 0.3 is 0 Å². The lowest BCUT2D eigenvalue weighted by atomic mass is 9.64. The van der Waals surface area contributed by atoms with E-state index in [1.165, 1.54) is 16.9 Å². The molecule has 248 valence electrons. The standard InChI is InChI=1S/C38H38Cl2N4O3S/c1-42-36(45)35-30-12-4-3-10-28(30)29(31(24-41)38(35,46-2)26-14-15-32(39)33(40)23-26)11-7-8-19-44-20-16-25(17-21-44)27-9-5-6-13-34(27)47-37-43-18-22-48-37/h3-6,9-10,12-15,18,22-23,25,35H,7-8,11,16-17,19-21H2,1-2H3,(H,42,45)/t35-,38?/m1/s1. The molecule has 1 fully saturated rings. The largest absolute Gasteiger partial charge is 0.431 e. The van der Waals surface area contributed by atoms with Crippen LogP contribution < -0.4 is 10.1 Å². The van der Waals surface area contributed by atoms with Crippen LogP contribution in [0.2, 0.25) is 10.0 Å². The Kier molecular flexibility index (Phi) is 10.8. The number of methoxy groups -OCH3 is 1. The number of piperidine rings is 1. The highest BCUT2D eigenvalue weighted by Crippen LogP contribution is 2.54. The van der Waals surface area contributed by atoms with Gasteiger partial charge < -0.3 is 19.7 Å². The number of para-hydroxylation sites is 1. The number of unbranched alkanes of at least 4 members (excludes halogenated alkanes) is 1. The van der Waals surface area contributed by atoms with Crippen LogP contribution >= 0.6 is 34.5 Å². The molecule has 3 aromatic carbocycles. The first-order valence-corrected chi connectivity index (χ1v) is 17.9. The van der Waals surface area contributed by atoms with Gasteiger partial charge in [0.1, 0.15) is 17.3 Å². The monoisotopic (exact) mass is 700 g/mol. The number of rotatable bonds is 11. The average Bonchev–Trinajstić information content (AvgIpc) is 3.64. The molecule has 1 unspecified atom stereocenters. The number of nitrogens with one attached hydrogen (secondary N) is 1. The Morgan fingerprint density at radius 3 is 2.50 bits per heavy atom. The van der Waals surface area contributed by atoms with Gasteiger partial charge in [0.2, 0.25) is 5.91 Å². The van der Waals surface area contributed by atoms with E-state index in [4.69, 9.17) is 32.7 Å². The van der Waals surface area contributed by atoms with Gasteiger partial charge in [-0.2, -0.15) is 5.26 Å². The first-order chi connectivity index (χ1) is 23.4. The van der Waals surface area contributed by atoms with Gasteiger partial charge in [-0.05, 0) is 104 Å². The Morgan fingerprint density at radius 1 is 1.06 bits per heavy atom. The number of likely N-dealkylation sites (tertiary alicyclic amines) is 1. The molecule has 1 amide bonds. The number of thiazole rings is 1. The van der Waals surface area contributed by atoms with Crippen LogP contribution in [0.5, 0.6) is 10.9 Å². The summed E-state index contributed by atoms with van der Waals surface area (Å²) < 4.78 is 12.4. The van der Waals surface area contributed by atoms with E-state index >= 15 is 0 Å². The van der Waals surface area contributed by atoms with Crippen LogP contribution in [0.3, 0.4) is 0 Å². The molecule has 0 spiro atoms. The summed E-state index contributed by atoms with van der Waals surface area (Å²) in [5.74, 6) is 0.281. The van der Waals surface area contributed by atoms with Crippen molar-refractivity contribution in [1.82, 2.24) is 15.2 Å². The second-order valence-electron chi connectivity index (χ2n) is 12.2. The predicted molar refractivity (Wildman–Crippen MR) is 192 cm³/mol. The summed E-state index contributed by atoms with van der Waals surface area (Å²) in [6.45, 7) is 3.01. The first kappa shape index (κ1) is 34.2. The highest BCUT2D eigenvalue weighted by Gasteiger charge is 2.53. The lowest BCUT2D eigenvalue weighted by Crippen LogP contribution is -2.47. The van der Waals surface area contributed by atoms with Gasteiger partial charge in [-0.3, -0.25) is 4.79 Å². The van der Waals surface area contributed by atoms with Gasteiger partial charge in [0, 0.05) is 25.7 Å². The number of ether oxygens (including phenoxy) is 2. The summed E-state index contributed by atoms with van der Waals surface area (Å²) in [5.41, 5.74) is 3.53. The van der Waals surface area contributed by atoms with E-state index < -0.39 is 11.5 Å². The summed E-state index contributed by atoms with van der Waals surface area (Å²) >= 11 is 14.3. The molecule has 1 aliphatic carbocycles. The van der Waals surface area contributed by atoms with Gasteiger partial charge in [-0.1, -0.05) is 83.1 Å². The Morgan fingerprint density at radius 2 is 1.81 bits per heavy atom. The number of hydrogen-bond acceptors (Lipinski definition) is 7. The van der Waals surface area contributed by atoms with Crippen LogP contribution in [-0.2, 0) is 15.1 Å². The number of halogens is 2. The molecule has 4 aromatic rings. The maximum absolute atomic E-state index is 13.6. The van der Waals surface area contributed by atoms with E-state index in [0.29, 0.717) is 38.7 Å². The van der Waals surface area contributed by atoms with Crippen LogP contribution in [0.1, 0.15) is 66.2 Å². The SMILES string of the molecule is CNC(=O)[C@H]1c2ccccc2C(CCCCN2CCC(c3ccccc3Oc3nccs3)CC2)=C(C#N)C1(OC)c1ccc(Cl)c(Cl)c1. The number of amides is 1. The van der Waals surface area contributed by atoms with Crippen LogP contribution in [0.15, 0.2) is 83.9 Å². The van der Waals surface area contributed by atoms with Crippen molar-refractivity contribution >= 4 is 46.0 Å². The lowest BCUT2D eigenvalue weighted by Gasteiger charge is -2.44. The number of nitriles is 1. The van der Waals surface area contributed by atoms with Crippen molar-refractivity contribution in [2.75, 3.05) is 33.8 Å². The summed E-state index contributed by atoms with van der Waals surface area (Å²) in [5, 5.41) is 16.9. The molecular weight excluding hydrogens is 663 g/mol. The zero-order valence-electron chi connectivity index (χ0n) is 27.0. The highest BCUT2D eigenvalue weighted by molar-refractivity contribution is 7.11. The molecule has 0 radical (unpaired) electrons. The van der Waals surface area contributed by atoms with Crippen molar-refractivity contribution in [1.29, 1.82) is 5.26 Å². The van der Waals surface area contributed by atoms with Gasteiger partial charge in [-0.15, -0.1) is 0 Å². The van der Waals surface area contributed by atoms with Crippen LogP contribution in [-0.4, -0.2) is 49.6 Å². The number of hydrogen-bond donors (Lipinski definition) is 1. The quantitative estimate of drug-likeness (QED) is 0.157. The molecule has 0 saturated carbocycles. The highest BCUT2D eigenvalue weighted by atomic mass is 35.5. The number of carbonyl (C=O) groups is 1. The van der Waals surface area contributed by atoms with Crippen molar-refractivity contribution in [2.45, 2.75) is 49.5 Å². The van der Waals surface area contributed by atoms with Gasteiger partial charge in [-0.25, -0.2) is 4.98 Å². The van der Waals surface area contributed by atoms with Crippen molar-refractivity contribution in [3.05, 3.63) is 116 Å². The number of allylic oxidation sites excluding steroid dienone is 1. The van der Waals surface area contributed by atoms with Crippen molar-refractivity contribution in [3.8, 4) is 17.0 Å². The van der Waals surface area contributed by atoms with Gasteiger partial charge in [0.05, 0.1) is 21.7 Å². The fourth-order valence-corrected chi connectivity index (χ4v) is 8.17. The van der Waals surface area contributed by atoms with E-state index in [-0.39, 0.29) is 5.91 Å². The number of likely N-dealkylation sites (N-methyl/N-ethyl adjacent to an activating group) is 1. The molecule has 2 aliphatic rings. The summed E-state index contributed by atoms with van der Waals surface area (Å²) in [7, 11) is 3.15. The molecule has 7 nitrogen and oxygen atoms in total. The third-order valence-electron chi connectivity index (χ3n) is 9.67. The Bertz CT molecular complexity index is 1830. The number of aromatic nitrogens is 1. The molecule has 1 aromatic heterocycles. The number of fused-ring (bicyclic) bond motifs is 1. The van der Waals surface area contributed by atoms with E-state index in [9.17, 15) is 10.1 Å². The fourth-order valence-electron chi connectivity index (χ4n) is 7.37. The summed E-state index contributed by atoms with van der Waals surface area (Å²) in [6.07, 6.45) is 6.42. The van der Waals surface area contributed by atoms with Crippen LogP contribution in [0, 0.1) is 11.3 Å². The second-order valence-corrected chi connectivity index (χ2v) is 13.9. The maximum atomic E-state index is 13.6. The molecule has 10 heteroatoms. The van der Waals surface area contributed by atoms with Gasteiger partial charge in [0.25, 0.3) is 5.19 Å². The smallest absolute Gasteiger partial charge is 0.278 e. The minimum Gasteiger partial charge on any atom is -0.431 e. The third kappa shape index (κ3) is 6.63. The van der Waals surface area contributed by atoms with Crippen LogP contribution in [0.4, 0.5) is 0 Å². The zero-order chi connectivity index (χ0) is 33.7. The average molecular weight is 702 g/mol.